The number of anilines is 1. The van der Waals surface area contributed by atoms with Gasteiger partial charge in [0.1, 0.15) is 12.4 Å². The van der Waals surface area contributed by atoms with E-state index in [4.69, 9.17) is 14.0 Å². The minimum absolute atomic E-state index is 0.0126. The number of aryl methyl sites for hydroxylation is 1. The third-order valence-corrected chi connectivity index (χ3v) is 8.76. The number of rotatable bonds is 11. The van der Waals surface area contributed by atoms with Crippen molar-refractivity contribution in [2.24, 2.45) is 5.92 Å². The molecular formula is C33H40N2O7S. The second kappa shape index (κ2) is 14.1. The Morgan fingerprint density at radius 2 is 1.79 bits per heavy atom. The third-order valence-electron chi connectivity index (χ3n) is 8.04. The van der Waals surface area contributed by atoms with Crippen LogP contribution in [0, 0.1) is 19.8 Å². The topological polar surface area (TPSA) is 122 Å². The quantitative estimate of drug-likeness (QED) is 0.201. The second-order valence-corrected chi connectivity index (χ2v) is 12.7. The molecule has 0 aliphatic carbocycles. The molecule has 9 nitrogen and oxygen atoms in total. The van der Waals surface area contributed by atoms with Gasteiger partial charge in [0.15, 0.2) is 0 Å². The van der Waals surface area contributed by atoms with Gasteiger partial charge in [-0.25, -0.2) is 4.79 Å². The first-order chi connectivity index (χ1) is 20.4. The standard InChI is InChI=1S/C33H40N2O7S/c1-22-9-5-14-30(24(22)3)41-17-8-15-31(36)35-20-23(2)25(4)32-28(12-7-13-29(32)35)27-11-6-10-26(19-27)21-42-33(37)34-16-18-43(38,39)40/h5-7,9-14,19,23,25H,8,15-18,20-21H2,1-4H3,(H,34,37)(H,38,39,40)/t23-,25-/m0/s1. The number of hydrogen-bond donors (Lipinski definition) is 2. The van der Waals surface area contributed by atoms with Crippen LogP contribution in [-0.2, 0) is 26.3 Å². The predicted octanol–water partition coefficient (Wildman–Crippen LogP) is 6.03. The lowest BCUT2D eigenvalue weighted by molar-refractivity contribution is -0.119. The van der Waals surface area contributed by atoms with Crippen molar-refractivity contribution in [2.45, 2.75) is 53.1 Å². The van der Waals surface area contributed by atoms with Gasteiger partial charge in [-0.05, 0) is 83.7 Å². The number of fused-ring (bicyclic) bond motifs is 1. The number of nitrogens with zero attached hydrogens (tertiary/aromatic N) is 1. The van der Waals surface area contributed by atoms with E-state index >= 15 is 0 Å². The molecule has 3 aromatic rings. The molecule has 1 heterocycles. The van der Waals surface area contributed by atoms with Gasteiger partial charge < -0.3 is 19.7 Å². The molecule has 1 aliphatic rings. The first kappa shape index (κ1) is 32.0. The number of benzene rings is 3. The molecule has 0 saturated heterocycles. The molecule has 0 bridgehead atoms. The van der Waals surface area contributed by atoms with Crippen LogP contribution in [0.2, 0.25) is 0 Å². The van der Waals surface area contributed by atoms with Crippen molar-refractivity contribution in [3.63, 3.8) is 0 Å². The molecule has 43 heavy (non-hydrogen) atoms. The van der Waals surface area contributed by atoms with E-state index in [-0.39, 0.29) is 30.9 Å². The summed E-state index contributed by atoms with van der Waals surface area (Å²) in [6.07, 6.45) is 0.226. The largest absolute Gasteiger partial charge is 0.493 e. The molecule has 0 aromatic heterocycles. The van der Waals surface area contributed by atoms with Crippen molar-refractivity contribution < 1.29 is 32.0 Å². The maximum absolute atomic E-state index is 13.5. The van der Waals surface area contributed by atoms with Crippen molar-refractivity contribution in [3.05, 3.63) is 82.9 Å². The number of carbonyl (C=O) groups is 2. The van der Waals surface area contributed by atoms with Gasteiger partial charge in [-0.15, -0.1) is 0 Å². The number of nitrogens with one attached hydrogen (secondary N) is 1. The molecule has 0 fully saturated rings. The number of amides is 2. The van der Waals surface area contributed by atoms with Crippen LogP contribution in [-0.4, -0.2) is 50.4 Å². The van der Waals surface area contributed by atoms with Crippen molar-refractivity contribution in [1.82, 2.24) is 5.32 Å². The molecule has 2 amide bonds. The highest BCUT2D eigenvalue weighted by Crippen LogP contribution is 2.44. The van der Waals surface area contributed by atoms with Crippen LogP contribution in [0.25, 0.3) is 11.1 Å². The zero-order valence-corrected chi connectivity index (χ0v) is 25.9. The monoisotopic (exact) mass is 608 g/mol. The molecule has 0 saturated carbocycles. The predicted molar refractivity (Wildman–Crippen MR) is 167 cm³/mol. The molecular weight excluding hydrogens is 568 g/mol. The minimum atomic E-state index is -4.17. The Morgan fingerprint density at radius 3 is 2.56 bits per heavy atom. The summed E-state index contributed by atoms with van der Waals surface area (Å²) in [5, 5.41) is 2.31. The molecule has 10 heteroatoms. The molecule has 2 N–H and O–H groups in total. The first-order valence-electron chi connectivity index (χ1n) is 14.5. The Bertz CT molecular complexity index is 1570. The van der Waals surface area contributed by atoms with E-state index in [2.05, 4.69) is 38.2 Å². The Morgan fingerprint density at radius 1 is 1.05 bits per heavy atom. The lowest BCUT2D eigenvalue weighted by Gasteiger charge is -2.38. The number of carbonyl (C=O) groups excluding carboxylic acids is 2. The summed E-state index contributed by atoms with van der Waals surface area (Å²) >= 11 is 0. The third kappa shape index (κ3) is 8.36. The molecule has 0 unspecified atom stereocenters. The van der Waals surface area contributed by atoms with Crippen molar-refractivity contribution in [1.29, 1.82) is 0 Å². The first-order valence-corrected chi connectivity index (χ1v) is 16.1. The van der Waals surface area contributed by atoms with E-state index < -0.39 is 22.0 Å². The number of hydrogen-bond acceptors (Lipinski definition) is 6. The molecule has 1 aliphatic heterocycles. The normalized spacial score (nSPS) is 16.3. The van der Waals surface area contributed by atoms with Crippen LogP contribution in [0.4, 0.5) is 10.5 Å². The van der Waals surface area contributed by atoms with E-state index in [1.54, 1.807) is 0 Å². The zero-order chi connectivity index (χ0) is 31.1. The van der Waals surface area contributed by atoms with Crippen LogP contribution in [0.3, 0.4) is 0 Å². The van der Waals surface area contributed by atoms with Gasteiger partial charge in [0.2, 0.25) is 5.91 Å². The highest BCUT2D eigenvalue weighted by Gasteiger charge is 2.33. The van der Waals surface area contributed by atoms with Gasteiger partial charge in [-0.2, -0.15) is 8.42 Å². The summed E-state index contributed by atoms with van der Waals surface area (Å²) < 4.78 is 41.7. The Labute approximate surface area is 254 Å². The van der Waals surface area contributed by atoms with Crippen LogP contribution in [0.1, 0.15) is 54.9 Å². The van der Waals surface area contributed by atoms with Gasteiger partial charge in [0, 0.05) is 25.2 Å². The van der Waals surface area contributed by atoms with E-state index in [0.717, 1.165) is 39.3 Å². The molecule has 2 atom stereocenters. The van der Waals surface area contributed by atoms with E-state index in [0.29, 0.717) is 26.0 Å². The Hall–Kier alpha value is -3.89. The van der Waals surface area contributed by atoms with Gasteiger partial charge in [-0.1, -0.05) is 56.3 Å². The summed E-state index contributed by atoms with van der Waals surface area (Å²) in [6.45, 7) is 9.30. The fourth-order valence-electron chi connectivity index (χ4n) is 5.32. The van der Waals surface area contributed by atoms with Gasteiger partial charge in [0.05, 0.1) is 12.4 Å². The number of alkyl carbamates (subject to hydrolysis) is 1. The second-order valence-electron chi connectivity index (χ2n) is 11.1. The van der Waals surface area contributed by atoms with E-state index in [1.165, 1.54) is 5.56 Å². The van der Waals surface area contributed by atoms with Crippen LogP contribution < -0.4 is 15.0 Å². The van der Waals surface area contributed by atoms with E-state index in [9.17, 15) is 18.0 Å². The minimum Gasteiger partial charge on any atom is -0.493 e. The fraction of sp³-hybridized carbons (Fsp3) is 0.394. The van der Waals surface area contributed by atoms with Crippen molar-refractivity contribution in [3.8, 4) is 16.9 Å². The Balaban J connectivity index is 1.45. The maximum Gasteiger partial charge on any atom is 0.407 e. The maximum atomic E-state index is 13.5. The molecule has 0 spiro atoms. The molecule has 4 rings (SSSR count). The summed E-state index contributed by atoms with van der Waals surface area (Å²) in [7, 11) is -4.17. The summed E-state index contributed by atoms with van der Waals surface area (Å²) in [6, 6.07) is 19.7. The molecule has 0 radical (unpaired) electrons. The average Bonchev–Trinajstić information content (AvgIpc) is 2.97. The van der Waals surface area contributed by atoms with Crippen LogP contribution >= 0.6 is 0 Å². The van der Waals surface area contributed by atoms with Crippen LogP contribution in [0.15, 0.2) is 60.7 Å². The van der Waals surface area contributed by atoms with Crippen molar-refractivity contribution >= 4 is 27.8 Å². The molecule has 3 aromatic carbocycles. The van der Waals surface area contributed by atoms with Crippen LogP contribution in [0.5, 0.6) is 5.75 Å². The van der Waals surface area contributed by atoms with Gasteiger partial charge in [0.25, 0.3) is 10.1 Å². The summed E-state index contributed by atoms with van der Waals surface area (Å²) in [5.41, 5.74) is 7.05. The Kier molecular flexibility index (Phi) is 10.5. The molecule has 230 valence electrons. The lowest BCUT2D eigenvalue weighted by atomic mass is 9.79. The van der Waals surface area contributed by atoms with Crippen molar-refractivity contribution in [2.75, 3.05) is 30.3 Å². The summed E-state index contributed by atoms with van der Waals surface area (Å²) in [5.74, 6) is 0.809. The average molecular weight is 609 g/mol. The lowest BCUT2D eigenvalue weighted by Crippen LogP contribution is -2.40. The number of ether oxygens (including phenoxy) is 2. The van der Waals surface area contributed by atoms with Gasteiger partial charge in [-0.3, -0.25) is 9.35 Å². The highest BCUT2D eigenvalue weighted by molar-refractivity contribution is 7.85. The fourth-order valence-corrected chi connectivity index (χ4v) is 5.68. The summed E-state index contributed by atoms with van der Waals surface area (Å²) in [4.78, 5) is 27.4. The SMILES string of the molecule is Cc1cccc(OCCCC(=O)N2C[C@H](C)[C@H](C)c3c(-c4cccc(COC(=O)NCCS(=O)(=O)O)c4)cccc32)c1C. The smallest absolute Gasteiger partial charge is 0.407 e. The zero-order valence-electron chi connectivity index (χ0n) is 25.1. The van der Waals surface area contributed by atoms with E-state index in [1.807, 2.05) is 60.4 Å². The highest BCUT2D eigenvalue weighted by atomic mass is 32.2. The van der Waals surface area contributed by atoms with Gasteiger partial charge >= 0.3 is 6.09 Å².